The first-order chi connectivity index (χ1) is 9.70. The Kier molecular flexibility index (Phi) is 4.67. The van der Waals surface area contributed by atoms with Crippen molar-refractivity contribution < 1.29 is 13.5 Å². The fourth-order valence-electron chi connectivity index (χ4n) is 1.85. The van der Waals surface area contributed by atoms with Crippen LogP contribution >= 0.6 is 0 Å². The molecule has 0 amide bonds. The normalized spacial score (nSPS) is 11.7. The van der Waals surface area contributed by atoms with Crippen LogP contribution in [0.2, 0.25) is 0 Å². The highest BCUT2D eigenvalue weighted by molar-refractivity contribution is 5.25. The van der Waals surface area contributed by atoms with Gasteiger partial charge in [-0.1, -0.05) is 30.3 Å². The maximum atomic E-state index is 13.0. The molecule has 0 spiro atoms. The van der Waals surface area contributed by atoms with Crippen molar-refractivity contribution in [2.24, 2.45) is 0 Å². The zero-order chi connectivity index (χ0) is 14.4. The number of rotatable bonds is 5. The minimum Gasteiger partial charge on any atom is -0.493 e. The summed E-state index contributed by atoms with van der Waals surface area (Å²) >= 11 is 0. The van der Waals surface area contributed by atoms with Gasteiger partial charge in [0.25, 0.3) is 0 Å². The Morgan fingerprint density at radius 2 is 1.80 bits per heavy atom. The molecule has 20 heavy (non-hydrogen) atoms. The van der Waals surface area contributed by atoms with Crippen LogP contribution in [0.25, 0.3) is 0 Å². The fourth-order valence-corrected chi connectivity index (χ4v) is 1.85. The summed E-state index contributed by atoms with van der Waals surface area (Å²) in [5.41, 5.74) is 0.920. The third-order valence-corrected chi connectivity index (χ3v) is 2.92. The third-order valence-electron chi connectivity index (χ3n) is 2.92. The largest absolute Gasteiger partial charge is 0.493 e. The molecule has 0 aliphatic heterocycles. The molecule has 0 saturated heterocycles. The minimum absolute atomic E-state index is 0.258. The quantitative estimate of drug-likeness (QED) is 0.823. The molecule has 0 aliphatic carbocycles. The molecule has 0 aliphatic rings. The van der Waals surface area contributed by atoms with Gasteiger partial charge in [0.15, 0.2) is 11.6 Å². The molecule has 2 rings (SSSR count). The van der Waals surface area contributed by atoms with Crippen LogP contribution in [-0.2, 0) is 0 Å². The van der Waals surface area contributed by atoms with E-state index < -0.39 is 11.6 Å². The lowest BCUT2D eigenvalue weighted by molar-refractivity contribution is 0.303. The molecule has 2 aromatic rings. The second-order valence-electron chi connectivity index (χ2n) is 4.31. The van der Waals surface area contributed by atoms with Gasteiger partial charge in [0.1, 0.15) is 5.75 Å². The molecule has 0 radical (unpaired) electrons. The first kappa shape index (κ1) is 14.0. The van der Waals surface area contributed by atoms with E-state index in [9.17, 15) is 8.78 Å². The highest BCUT2D eigenvalue weighted by Gasteiger charge is 2.10. The summed E-state index contributed by atoms with van der Waals surface area (Å²) in [5.74, 6) is -1.87. The van der Waals surface area contributed by atoms with Crippen molar-refractivity contribution in [2.75, 3.05) is 6.61 Å². The lowest BCUT2D eigenvalue weighted by Crippen LogP contribution is -2.04. The molecule has 1 atom stereocenters. The van der Waals surface area contributed by atoms with Crippen LogP contribution in [0.5, 0.6) is 5.75 Å². The molecule has 1 unspecified atom stereocenters. The Labute approximate surface area is 116 Å². The van der Waals surface area contributed by atoms with Crippen molar-refractivity contribution in [1.82, 2.24) is 0 Å². The van der Waals surface area contributed by atoms with Crippen LogP contribution in [0.1, 0.15) is 17.9 Å². The van der Waals surface area contributed by atoms with Gasteiger partial charge in [-0.25, -0.2) is 8.78 Å². The number of hydrogen-bond donors (Lipinski definition) is 0. The van der Waals surface area contributed by atoms with Gasteiger partial charge in [-0.05, 0) is 17.7 Å². The SMILES string of the molecule is N#CC(CCOc1ccc(F)c(F)c1)c1ccccc1. The van der Waals surface area contributed by atoms with E-state index in [1.54, 1.807) is 0 Å². The van der Waals surface area contributed by atoms with Gasteiger partial charge in [0.2, 0.25) is 0 Å². The van der Waals surface area contributed by atoms with E-state index in [1.807, 2.05) is 30.3 Å². The van der Waals surface area contributed by atoms with Crippen molar-refractivity contribution >= 4 is 0 Å². The van der Waals surface area contributed by atoms with Gasteiger partial charge in [-0.15, -0.1) is 0 Å². The number of halogens is 2. The fraction of sp³-hybridized carbons (Fsp3) is 0.188. The Morgan fingerprint density at radius 3 is 2.45 bits per heavy atom. The van der Waals surface area contributed by atoms with E-state index in [-0.39, 0.29) is 18.3 Å². The van der Waals surface area contributed by atoms with Gasteiger partial charge >= 0.3 is 0 Å². The maximum Gasteiger partial charge on any atom is 0.162 e. The van der Waals surface area contributed by atoms with Crippen molar-refractivity contribution in [2.45, 2.75) is 12.3 Å². The van der Waals surface area contributed by atoms with Gasteiger partial charge in [-0.3, -0.25) is 0 Å². The van der Waals surface area contributed by atoms with Gasteiger partial charge in [-0.2, -0.15) is 5.26 Å². The summed E-state index contributed by atoms with van der Waals surface area (Å²) in [4.78, 5) is 0. The highest BCUT2D eigenvalue weighted by Crippen LogP contribution is 2.20. The molecule has 0 aromatic heterocycles. The van der Waals surface area contributed by atoms with Crippen LogP contribution in [0.3, 0.4) is 0 Å². The van der Waals surface area contributed by atoms with Crippen LogP contribution in [-0.4, -0.2) is 6.61 Å². The average molecular weight is 273 g/mol. The number of benzene rings is 2. The average Bonchev–Trinajstić information content (AvgIpc) is 2.48. The van der Waals surface area contributed by atoms with Crippen LogP contribution < -0.4 is 4.74 Å². The highest BCUT2D eigenvalue weighted by atomic mass is 19.2. The number of hydrogen-bond acceptors (Lipinski definition) is 2. The predicted molar refractivity (Wildman–Crippen MR) is 71.3 cm³/mol. The summed E-state index contributed by atoms with van der Waals surface area (Å²) in [6.45, 7) is 0.262. The van der Waals surface area contributed by atoms with E-state index in [2.05, 4.69) is 6.07 Å². The monoisotopic (exact) mass is 273 g/mol. The van der Waals surface area contributed by atoms with E-state index in [0.29, 0.717) is 6.42 Å². The maximum absolute atomic E-state index is 13.0. The van der Waals surface area contributed by atoms with Crippen molar-refractivity contribution in [3.8, 4) is 11.8 Å². The van der Waals surface area contributed by atoms with Gasteiger partial charge in [0.05, 0.1) is 18.6 Å². The Morgan fingerprint density at radius 1 is 1.05 bits per heavy atom. The van der Waals surface area contributed by atoms with Crippen LogP contribution in [0.4, 0.5) is 8.78 Å². The summed E-state index contributed by atoms with van der Waals surface area (Å²) < 4.78 is 31.1. The number of nitrogens with zero attached hydrogens (tertiary/aromatic N) is 1. The predicted octanol–water partition coefficient (Wildman–Crippen LogP) is 4.04. The zero-order valence-electron chi connectivity index (χ0n) is 10.7. The first-order valence-corrected chi connectivity index (χ1v) is 6.23. The summed E-state index contributed by atoms with van der Waals surface area (Å²) in [6, 6.07) is 15.0. The second kappa shape index (κ2) is 6.67. The standard InChI is InChI=1S/C16H13F2NO/c17-15-7-6-14(10-16(15)18)20-9-8-13(11-19)12-4-2-1-3-5-12/h1-7,10,13H,8-9H2. The molecular weight excluding hydrogens is 260 g/mol. The smallest absolute Gasteiger partial charge is 0.162 e. The Hall–Kier alpha value is -2.41. The van der Waals surface area contributed by atoms with Gasteiger partial charge in [0, 0.05) is 12.5 Å². The molecule has 4 heteroatoms. The lowest BCUT2D eigenvalue weighted by atomic mass is 9.98. The first-order valence-electron chi connectivity index (χ1n) is 6.23. The molecule has 0 N–H and O–H groups in total. The third kappa shape index (κ3) is 3.55. The van der Waals surface area contributed by atoms with E-state index >= 15 is 0 Å². The van der Waals surface area contributed by atoms with E-state index in [0.717, 1.165) is 17.7 Å². The molecule has 0 bridgehead atoms. The van der Waals surface area contributed by atoms with Crippen molar-refractivity contribution in [3.05, 3.63) is 65.7 Å². The number of ether oxygens (including phenoxy) is 1. The van der Waals surface area contributed by atoms with Crippen LogP contribution in [0.15, 0.2) is 48.5 Å². The summed E-state index contributed by atoms with van der Waals surface area (Å²) in [5, 5.41) is 9.14. The van der Waals surface area contributed by atoms with Crippen LogP contribution in [0, 0.1) is 23.0 Å². The lowest BCUT2D eigenvalue weighted by Gasteiger charge is -2.11. The summed E-state index contributed by atoms with van der Waals surface area (Å²) in [7, 11) is 0. The molecule has 0 fully saturated rings. The molecule has 0 heterocycles. The molecule has 102 valence electrons. The van der Waals surface area contributed by atoms with E-state index in [1.165, 1.54) is 6.07 Å². The minimum atomic E-state index is -0.942. The topological polar surface area (TPSA) is 33.0 Å². The van der Waals surface area contributed by atoms with Crippen molar-refractivity contribution in [1.29, 1.82) is 5.26 Å². The van der Waals surface area contributed by atoms with Gasteiger partial charge < -0.3 is 4.74 Å². The molecule has 2 nitrogen and oxygen atoms in total. The molecular formula is C16H13F2NO. The molecule has 0 saturated carbocycles. The zero-order valence-corrected chi connectivity index (χ0v) is 10.7. The van der Waals surface area contributed by atoms with Crippen molar-refractivity contribution in [3.63, 3.8) is 0 Å². The summed E-state index contributed by atoms with van der Waals surface area (Å²) in [6.07, 6.45) is 0.486. The Balaban J connectivity index is 1.91. The van der Waals surface area contributed by atoms with E-state index in [4.69, 9.17) is 10.00 Å². The second-order valence-corrected chi connectivity index (χ2v) is 4.31. The molecule has 2 aromatic carbocycles. The Bertz CT molecular complexity index is 608. The number of nitriles is 1.